The summed E-state index contributed by atoms with van der Waals surface area (Å²) in [6.45, 7) is 1.81. The minimum atomic E-state index is -0.859. The lowest BCUT2D eigenvalue weighted by molar-refractivity contribution is -0.136. The van der Waals surface area contributed by atoms with Gasteiger partial charge in [0.1, 0.15) is 11.8 Å². The van der Waals surface area contributed by atoms with Gasteiger partial charge in [-0.05, 0) is 46.7 Å². The van der Waals surface area contributed by atoms with Gasteiger partial charge in [-0.15, -0.1) is 11.3 Å². The normalized spacial score (nSPS) is 11.8. The van der Waals surface area contributed by atoms with Gasteiger partial charge < -0.3 is 14.4 Å². The number of thiophene rings is 1. The number of benzene rings is 3. The number of carbonyl (C=O) groups excluding carboxylic acids is 1. The first kappa shape index (κ1) is 23.3. The van der Waals surface area contributed by atoms with E-state index in [-0.39, 0.29) is 6.42 Å². The molecule has 36 heavy (non-hydrogen) atoms. The zero-order valence-electron chi connectivity index (χ0n) is 19.3. The number of aliphatic carboxylic acids is 1. The summed E-state index contributed by atoms with van der Waals surface area (Å²) >= 11 is 1.56. The van der Waals surface area contributed by atoms with Crippen molar-refractivity contribution >= 4 is 39.2 Å². The molecule has 180 valence electrons. The van der Waals surface area contributed by atoms with E-state index in [1.54, 1.807) is 11.3 Å². The number of nitrogens with one attached hydrogen (secondary N) is 1. The van der Waals surface area contributed by atoms with Gasteiger partial charge in [-0.3, -0.25) is 10.1 Å². The first-order chi connectivity index (χ1) is 17.5. The van der Waals surface area contributed by atoms with Crippen LogP contribution >= 0.6 is 11.3 Å². The van der Waals surface area contributed by atoms with E-state index < -0.39 is 18.2 Å². The number of nitrogens with zero attached hydrogens (tertiary/aromatic N) is 1. The quantitative estimate of drug-likeness (QED) is 0.247. The van der Waals surface area contributed by atoms with Gasteiger partial charge >= 0.3 is 12.1 Å². The van der Waals surface area contributed by atoms with Crippen molar-refractivity contribution < 1.29 is 24.0 Å². The lowest BCUT2D eigenvalue weighted by Crippen LogP contribution is -2.16. The molecular weight excluding hydrogens is 476 g/mol. The van der Waals surface area contributed by atoms with Crippen molar-refractivity contribution in [2.45, 2.75) is 19.4 Å². The molecule has 2 heterocycles. The Morgan fingerprint density at radius 2 is 1.78 bits per heavy atom. The molecule has 5 aromatic rings. The molecule has 5 rings (SSSR count). The second kappa shape index (κ2) is 10.1. The van der Waals surface area contributed by atoms with Crippen LogP contribution in [0.1, 0.15) is 24.2 Å². The van der Waals surface area contributed by atoms with Crippen LogP contribution in [0.5, 0.6) is 0 Å². The second-order valence-corrected chi connectivity index (χ2v) is 9.16. The van der Waals surface area contributed by atoms with Crippen molar-refractivity contribution in [1.29, 1.82) is 0 Å². The molecule has 1 atom stereocenters. The molecule has 3 aromatic carbocycles. The highest BCUT2D eigenvalue weighted by molar-refractivity contribution is 7.17. The van der Waals surface area contributed by atoms with E-state index in [1.807, 2.05) is 85.1 Å². The SMILES string of the molecule is CC(OC(=O)Nc1cnoc1-c1ccc(-c2ccc(CC(=O)O)cc2)c2ccsc12)c1ccccc1. The van der Waals surface area contributed by atoms with E-state index in [4.69, 9.17) is 14.4 Å². The van der Waals surface area contributed by atoms with Crippen LogP contribution in [-0.4, -0.2) is 22.3 Å². The topological polar surface area (TPSA) is 102 Å². The summed E-state index contributed by atoms with van der Waals surface area (Å²) in [6.07, 6.45) is 0.426. The number of anilines is 1. The van der Waals surface area contributed by atoms with Crippen LogP contribution in [0.4, 0.5) is 10.5 Å². The zero-order valence-corrected chi connectivity index (χ0v) is 20.1. The summed E-state index contributed by atoms with van der Waals surface area (Å²) in [5, 5.41) is 18.7. The average molecular weight is 499 g/mol. The third-order valence-corrected chi connectivity index (χ3v) is 6.79. The lowest BCUT2D eigenvalue weighted by Gasteiger charge is -2.14. The Bertz CT molecular complexity index is 1520. The summed E-state index contributed by atoms with van der Waals surface area (Å²) in [7, 11) is 0. The number of aromatic nitrogens is 1. The molecule has 0 saturated carbocycles. The number of carboxylic acids is 1. The highest BCUT2D eigenvalue weighted by Crippen LogP contribution is 2.41. The summed E-state index contributed by atoms with van der Waals surface area (Å²) in [6, 6.07) is 23.0. The van der Waals surface area contributed by atoms with E-state index in [0.29, 0.717) is 11.4 Å². The number of fused-ring (bicyclic) bond motifs is 1. The Kier molecular flexibility index (Phi) is 6.51. The van der Waals surface area contributed by atoms with Crippen molar-refractivity contribution in [1.82, 2.24) is 5.16 Å². The van der Waals surface area contributed by atoms with Crippen LogP contribution in [0.2, 0.25) is 0 Å². The summed E-state index contributed by atoms with van der Waals surface area (Å²) in [4.78, 5) is 23.6. The minimum Gasteiger partial charge on any atom is -0.481 e. The van der Waals surface area contributed by atoms with E-state index >= 15 is 0 Å². The smallest absolute Gasteiger partial charge is 0.412 e. The Hall–Kier alpha value is -4.43. The fourth-order valence-corrected chi connectivity index (χ4v) is 5.02. The van der Waals surface area contributed by atoms with Gasteiger partial charge in [-0.2, -0.15) is 0 Å². The third-order valence-electron chi connectivity index (χ3n) is 5.84. The van der Waals surface area contributed by atoms with Crippen molar-refractivity contribution in [3.05, 3.63) is 95.5 Å². The standard InChI is InChI=1S/C28H22N2O5S/c1-17(19-5-3-2-4-6-19)34-28(33)30-24-16-29-35-26(24)23-12-11-21(22-13-14-36-27(22)23)20-9-7-18(8-10-20)15-25(31)32/h2-14,16-17H,15H2,1H3,(H,30,33)(H,31,32). The zero-order chi connectivity index (χ0) is 25.1. The Morgan fingerprint density at radius 1 is 1.03 bits per heavy atom. The molecular formula is C28H22N2O5S. The lowest BCUT2D eigenvalue weighted by atomic mass is 9.97. The van der Waals surface area contributed by atoms with E-state index in [2.05, 4.69) is 10.5 Å². The van der Waals surface area contributed by atoms with Crippen LogP contribution in [0.3, 0.4) is 0 Å². The summed E-state index contributed by atoms with van der Waals surface area (Å²) < 4.78 is 12.1. The van der Waals surface area contributed by atoms with Crippen molar-refractivity contribution in [3.63, 3.8) is 0 Å². The molecule has 0 spiro atoms. The number of carboxylic acid groups (broad SMARTS) is 1. The predicted octanol–water partition coefficient (Wildman–Crippen LogP) is 7.16. The third kappa shape index (κ3) is 4.85. The Balaban J connectivity index is 1.40. The molecule has 0 radical (unpaired) electrons. The van der Waals surface area contributed by atoms with Gasteiger partial charge in [-0.1, -0.05) is 65.8 Å². The van der Waals surface area contributed by atoms with Crippen LogP contribution in [0.15, 0.2) is 88.9 Å². The van der Waals surface area contributed by atoms with Crippen LogP contribution in [-0.2, 0) is 16.0 Å². The highest BCUT2D eigenvalue weighted by Gasteiger charge is 2.20. The number of hydrogen-bond donors (Lipinski definition) is 2. The van der Waals surface area contributed by atoms with Crippen LogP contribution in [0, 0.1) is 0 Å². The molecule has 2 N–H and O–H groups in total. The second-order valence-electron chi connectivity index (χ2n) is 8.24. The first-order valence-electron chi connectivity index (χ1n) is 11.3. The Labute approximate surface area is 210 Å². The van der Waals surface area contributed by atoms with Crippen molar-refractivity contribution in [2.75, 3.05) is 5.32 Å². The van der Waals surface area contributed by atoms with Gasteiger partial charge in [0.15, 0.2) is 5.76 Å². The maximum Gasteiger partial charge on any atom is 0.412 e. The molecule has 0 saturated heterocycles. The number of rotatable bonds is 7. The summed E-state index contributed by atoms with van der Waals surface area (Å²) in [5.41, 5.74) is 4.85. The van der Waals surface area contributed by atoms with Crippen LogP contribution < -0.4 is 5.32 Å². The van der Waals surface area contributed by atoms with Gasteiger partial charge in [0, 0.05) is 15.6 Å². The maximum absolute atomic E-state index is 12.6. The molecule has 0 aliphatic carbocycles. The first-order valence-corrected chi connectivity index (χ1v) is 12.2. The molecule has 0 bridgehead atoms. The highest BCUT2D eigenvalue weighted by atomic mass is 32.1. The van der Waals surface area contributed by atoms with Crippen molar-refractivity contribution in [2.24, 2.45) is 0 Å². The van der Waals surface area contributed by atoms with Gasteiger partial charge in [0.2, 0.25) is 0 Å². The molecule has 2 aromatic heterocycles. The van der Waals surface area contributed by atoms with Gasteiger partial charge in [0.25, 0.3) is 0 Å². The van der Waals surface area contributed by atoms with Gasteiger partial charge in [-0.25, -0.2) is 4.79 Å². The average Bonchev–Trinajstić information content (AvgIpc) is 3.54. The predicted molar refractivity (Wildman–Crippen MR) is 139 cm³/mol. The molecule has 7 nitrogen and oxygen atoms in total. The number of amides is 1. The van der Waals surface area contributed by atoms with E-state index in [9.17, 15) is 9.59 Å². The van der Waals surface area contributed by atoms with Gasteiger partial charge in [0.05, 0.1) is 12.6 Å². The largest absolute Gasteiger partial charge is 0.481 e. The maximum atomic E-state index is 12.6. The Morgan fingerprint density at radius 3 is 2.53 bits per heavy atom. The molecule has 8 heteroatoms. The fourth-order valence-electron chi connectivity index (χ4n) is 4.08. The summed E-state index contributed by atoms with van der Waals surface area (Å²) in [5.74, 6) is -0.419. The number of hydrogen-bond acceptors (Lipinski definition) is 6. The molecule has 1 amide bonds. The molecule has 0 aliphatic heterocycles. The number of carbonyl (C=O) groups is 2. The monoisotopic (exact) mass is 498 g/mol. The van der Waals surface area contributed by atoms with Crippen molar-refractivity contribution in [3.8, 4) is 22.5 Å². The molecule has 0 aliphatic rings. The number of ether oxygens (including phenoxy) is 1. The minimum absolute atomic E-state index is 0.0130. The van der Waals surface area contributed by atoms with E-state index in [0.717, 1.165) is 37.9 Å². The van der Waals surface area contributed by atoms with E-state index in [1.165, 1.54) is 6.20 Å². The molecule has 1 unspecified atom stereocenters. The molecule has 0 fully saturated rings. The fraction of sp³-hybridized carbons (Fsp3) is 0.107. The van der Waals surface area contributed by atoms with Crippen LogP contribution in [0.25, 0.3) is 32.5 Å².